The number of rotatable bonds is 2. The standard InChI is InChI=1S/C13H15N3O2/c1-9-5-3-7-14-10(9)11-15-12(18-16-11)13(2)6-4-8-17-13/h3,5,7H,4,6,8H2,1-2H3. The lowest BCUT2D eigenvalue weighted by atomic mass is 10.0. The van der Waals surface area contributed by atoms with Crippen molar-refractivity contribution in [2.45, 2.75) is 32.3 Å². The Morgan fingerprint density at radius 1 is 1.39 bits per heavy atom. The highest BCUT2D eigenvalue weighted by Gasteiger charge is 2.37. The van der Waals surface area contributed by atoms with Crippen molar-refractivity contribution in [2.75, 3.05) is 6.61 Å². The first-order valence-electron chi connectivity index (χ1n) is 6.09. The first-order chi connectivity index (χ1) is 8.69. The number of hydrogen-bond donors (Lipinski definition) is 0. The van der Waals surface area contributed by atoms with Crippen molar-refractivity contribution in [1.82, 2.24) is 15.1 Å². The average molecular weight is 245 g/mol. The summed E-state index contributed by atoms with van der Waals surface area (Å²) in [5.74, 6) is 1.07. The molecule has 2 aromatic rings. The fraction of sp³-hybridized carbons (Fsp3) is 0.462. The van der Waals surface area contributed by atoms with E-state index in [9.17, 15) is 0 Å². The molecule has 0 saturated carbocycles. The third kappa shape index (κ3) is 1.80. The number of ether oxygens (including phenoxy) is 1. The molecule has 0 radical (unpaired) electrons. The van der Waals surface area contributed by atoms with E-state index in [1.807, 2.05) is 26.0 Å². The summed E-state index contributed by atoms with van der Waals surface area (Å²) in [6.07, 6.45) is 3.67. The van der Waals surface area contributed by atoms with Gasteiger partial charge in [0.15, 0.2) is 0 Å². The maximum Gasteiger partial charge on any atom is 0.258 e. The Morgan fingerprint density at radius 2 is 2.28 bits per heavy atom. The second-order valence-corrected chi connectivity index (χ2v) is 4.77. The van der Waals surface area contributed by atoms with Crippen molar-refractivity contribution in [3.8, 4) is 11.5 Å². The van der Waals surface area contributed by atoms with Crippen LogP contribution in [-0.2, 0) is 10.3 Å². The summed E-state index contributed by atoms with van der Waals surface area (Å²) in [7, 11) is 0. The van der Waals surface area contributed by atoms with Crippen molar-refractivity contribution >= 4 is 0 Å². The summed E-state index contributed by atoms with van der Waals surface area (Å²) in [5.41, 5.74) is 1.35. The van der Waals surface area contributed by atoms with Crippen molar-refractivity contribution in [3.63, 3.8) is 0 Å². The number of aromatic nitrogens is 3. The smallest absolute Gasteiger partial charge is 0.258 e. The molecule has 1 fully saturated rings. The minimum Gasteiger partial charge on any atom is -0.365 e. The van der Waals surface area contributed by atoms with E-state index >= 15 is 0 Å². The summed E-state index contributed by atoms with van der Waals surface area (Å²) in [6, 6.07) is 3.87. The van der Waals surface area contributed by atoms with Crippen molar-refractivity contribution < 1.29 is 9.26 Å². The fourth-order valence-corrected chi connectivity index (χ4v) is 2.20. The maximum atomic E-state index is 5.69. The molecule has 5 nitrogen and oxygen atoms in total. The zero-order valence-corrected chi connectivity index (χ0v) is 10.5. The van der Waals surface area contributed by atoms with E-state index in [0.717, 1.165) is 30.7 Å². The van der Waals surface area contributed by atoms with Gasteiger partial charge in [-0.2, -0.15) is 4.98 Å². The van der Waals surface area contributed by atoms with Crippen LogP contribution in [0.1, 0.15) is 31.2 Å². The van der Waals surface area contributed by atoms with Crippen LogP contribution in [0.25, 0.3) is 11.5 Å². The second-order valence-electron chi connectivity index (χ2n) is 4.77. The lowest BCUT2D eigenvalue weighted by molar-refractivity contribution is -0.00937. The lowest BCUT2D eigenvalue weighted by Gasteiger charge is -2.16. The molecule has 0 bridgehead atoms. The Labute approximate surface area is 105 Å². The quantitative estimate of drug-likeness (QED) is 0.813. The van der Waals surface area contributed by atoms with Crippen LogP contribution in [0.3, 0.4) is 0 Å². The molecule has 1 aliphatic rings. The molecule has 2 aromatic heterocycles. The maximum absolute atomic E-state index is 5.69. The number of aryl methyl sites for hydroxylation is 1. The van der Waals surface area contributed by atoms with Crippen molar-refractivity contribution in [1.29, 1.82) is 0 Å². The molecule has 0 spiro atoms. The fourth-order valence-electron chi connectivity index (χ4n) is 2.20. The molecule has 1 atom stereocenters. The van der Waals surface area contributed by atoms with Crippen LogP contribution >= 0.6 is 0 Å². The van der Waals surface area contributed by atoms with Crippen LogP contribution in [0.2, 0.25) is 0 Å². The average Bonchev–Trinajstić information content (AvgIpc) is 2.99. The first-order valence-corrected chi connectivity index (χ1v) is 6.09. The summed E-state index contributed by atoms with van der Waals surface area (Å²) in [5, 5.41) is 4.01. The van der Waals surface area contributed by atoms with E-state index in [-0.39, 0.29) is 0 Å². The molecule has 0 aliphatic carbocycles. The predicted molar refractivity (Wildman–Crippen MR) is 64.8 cm³/mol. The highest BCUT2D eigenvalue weighted by molar-refractivity contribution is 5.53. The Hall–Kier alpha value is -1.75. The molecule has 3 rings (SSSR count). The van der Waals surface area contributed by atoms with Gasteiger partial charge < -0.3 is 9.26 Å². The number of nitrogens with zero attached hydrogens (tertiary/aromatic N) is 3. The third-order valence-corrected chi connectivity index (χ3v) is 3.32. The van der Waals surface area contributed by atoms with Gasteiger partial charge >= 0.3 is 0 Å². The summed E-state index contributed by atoms with van der Waals surface area (Å²) < 4.78 is 11.0. The lowest BCUT2D eigenvalue weighted by Crippen LogP contribution is -2.20. The molecular formula is C13H15N3O2. The van der Waals surface area contributed by atoms with Gasteiger partial charge in [0, 0.05) is 12.8 Å². The second kappa shape index (κ2) is 4.17. The molecule has 1 saturated heterocycles. The van der Waals surface area contributed by atoms with Crippen molar-refractivity contribution in [2.24, 2.45) is 0 Å². The van der Waals surface area contributed by atoms with E-state index in [2.05, 4.69) is 15.1 Å². The zero-order chi connectivity index (χ0) is 12.6. The van der Waals surface area contributed by atoms with E-state index in [1.165, 1.54) is 0 Å². The largest absolute Gasteiger partial charge is 0.365 e. The summed E-state index contributed by atoms with van der Waals surface area (Å²) in [6.45, 7) is 4.71. The van der Waals surface area contributed by atoms with E-state index in [1.54, 1.807) is 6.20 Å². The Morgan fingerprint density at radius 3 is 3.00 bits per heavy atom. The monoisotopic (exact) mass is 245 g/mol. The molecule has 1 aliphatic heterocycles. The van der Waals surface area contributed by atoms with Gasteiger partial charge in [-0.3, -0.25) is 4.98 Å². The van der Waals surface area contributed by atoms with Gasteiger partial charge in [-0.25, -0.2) is 0 Å². The molecule has 18 heavy (non-hydrogen) atoms. The number of pyridine rings is 1. The molecule has 0 amide bonds. The van der Waals surface area contributed by atoms with Crippen LogP contribution in [-0.4, -0.2) is 21.7 Å². The van der Waals surface area contributed by atoms with Gasteiger partial charge in [0.1, 0.15) is 11.3 Å². The van der Waals surface area contributed by atoms with Gasteiger partial charge in [0.05, 0.1) is 0 Å². The first kappa shape index (κ1) is 11.3. The van der Waals surface area contributed by atoms with Gasteiger partial charge in [-0.05, 0) is 38.3 Å². The highest BCUT2D eigenvalue weighted by Crippen LogP contribution is 2.35. The molecular weight excluding hydrogens is 230 g/mol. The van der Waals surface area contributed by atoms with Gasteiger partial charge in [-0.1, -0.05) is 11.2 Å². The zero-order valence-electron chi connectivity index (χ0n) is 10.5. The van der Waals surface area contributed by atoms with Crippen LogP contribution in [0.5, 0.6) is 0 Å². The third-order valence-electron chi connectivity index (χ3n) is 3.32. The van der Waals surface area contributed by atoms with E-state index < -0.39 is 5.60 Å². The molecule has 0 aromatic carbocycles. The van der Waals surface area contributed by atoms with E-state index in [0.29, 0.717) is 11.7 Å². The Kier molecular flexibility index (Phi) is 2.63. The van der Waals surface area contributed by atoms with E-state index in [4.69, 9.17) is 9.26 Å². The SMILES string of the molecule is Cc1cccnc1-c1noc(C2(C)CCCO2)n1. The molecule has 5 heteroatoms. The Bertz CT molecular complexity index is 559. The van der Waals surface area contributed by atoms with Crippen LogP contribution in [0, 0.1) is 6.92 Å². The predicted octanol–water partition coefficient (Wildman–Crippen LogP) is 2.47. The molecule has 94 valence electrons. The topological polar surface area (TPSA) is 61.0 Å². The molecule has 1 unspecified atom stereocenters. The Balaban J connectivity index is 1.97. The summed E-state index contributed by atoms with van der Waals surface area (Å²) in [4.78, 5) is 8.72. The van der Waals surface area contributed by atoms with Crippen LogP contribution < -0.4 is 0 Å². The normalized spacial score (nSPS) is 23.4. The molecule has 3 heterocycles. The highest BCUT2D eigenvalue weighted by atomic mass is 16.5. The van der Waals surface area contributed by atoms with Gasteiger partial charge in [-0.15, -0.1) is 0 Å². The number of hydrogen-bond acceptors (Lipinski definition) is 5. The van der Waals surface area contributed by atoms with Gasteiger partial charge in [0.25, 0.3) is 5.89 Å². The van der Waals surface area contributed by atoms with Crippen molar-refractivity contribution in [3.05, 3.63) is 29.8 Å². The van der Waals surface area contributed by atoms with Gasteiger partial charge in [0.2, 0.25) is 5.82 Å². The van der Waals surface area contributed by atoms with Crippen LogP contribution in [0.4, 0.5) is 0 Å². The minimum atomic E-state index is -0.437. The summed E-state index contributed by atoms with van der Waals surface area (Å²) >= 11 is 0. The molecule has 0 N–H and O–H groups in total. The van der Waals surface area contributed by atoms with Crippen LogP contribution in [0.15, 0.2) is 22.9 Å². The minimum absolute atomic E-state index is 0.437.